The lowest BCUT2D eigenvalue weighted by molar-refractivity contribution is 0.0697. The van der Waals surface area contributed by atoms with Crippen molar-refractivity contribution in [2.24, 2.45) is 0 Å². The second kappa shape index (κ2) is 4.51. The number of nitrogens with zero attached hydrogens (tertiary/aromatic N) is 1. The number of fused-ring (bicyclic) bond motifs is 1. The normalized spacial score (nSPS) is 14.2. The quantitative estimate of drug-likeness (QED) is 0.902. The number of benzene rings is 1. The van der Waals surface area contributed by atoms with Crippen molar-refractivity contribution in [2.75, 3.05) is 6.61 Å². The van der Waals surface area contributed by atoms with Crippen LogP contribution in [-0.4, -0.2) is 22.7 Å². The van der Waals surface area contributed by atoms with E-state index in [1.165, 1.54) is 4.88 Å². The van der Waals surface area contributed by atoms with Crippen molar-refractivity contribution in [2.45, 2.75) is 13.0 Å². The minimum absolute atomic E-state index is 0.295. The summed E-state index contributed by atoms with van der Waals surface area (Å²) >= 11 is 1.62. The first-order valence-electron chi connectivity index (χ1n) is 5.64. The van der Waals surface area contributed by atoms with Crippen molar-refractivity contribution in [1.29, 1.82) is 0 Å². The fraction of sp³-hybridized carbons (Fsp3) is 0.231. The number of carboxylic acid groups (broad SMARTS) is 1. The van der Waals surface area contributed by atoms with E-state index in [2.05, 4.69) is 4.98 Å². The molecule has 0 radical (unpaired) electrons. The first-order valence-corrected chi connectivity index (χ1v) is 6.46. The molecule has 0 aliphatic carbocycles. The fourth-order valence-electron chi connectivity index (χ4n) is 1.90. The summed E-state index contributed by atoms with van der Waals surface area (Å²) in [5.41, 5.74) is 2.37. The molecule has 2 aromatic rings. The topological polar surface area (TPSA) is 59.4 Å². The first-order chi connectivity index (χ1) is 8.74. The van der Waals surface area contributed by atoms with Crippen LogP contribution in [0.1, 0.15) is 20.9 Å². The molecule has 0 saturated heterocycles. The number of carbonyl (C=O) groups is 1. The zero-order valence-corrected chi connectivity index (χ0v) is 10.4. The van der Waals surface area contributed by atoms with E-state index in [1.54, 1.807) is 35.6 Å². The van der Waals surface area contributed by atoms with Crippen LogP contribution in [0.2, 0.25) is 0 Å². The summed E-state index contributed by atoms with van der Waals surface area (Å²) in [4.78, 5) is 16.5. The SMILES string of the molecule is O=C(O)c1ccc(-c2nc3c(s2)COCC3)cc1. The molecule has 18 heavy (non-hydrogen) atoms. The van der Waals surface area contributed by atoms with E-state index in [9.17, 15) is 4.79 Å². The maximum Gasteiger partial charge on any atom is 0.335 e. The molecule has 1 aromatic carbocycles. The second-order valence-electron chi connectivity index (χ2n) is 4.07. The van der Waals surface area contributed by atoms with Crippen LogP contribution >= 0.6 is 11.3 Å². The van der Waals surface area contributed by atoms with E-state index in [-0.39, 0.29) is 0 Å². The highest BCUT2D eigenvalue weighted by atomic mass is 32.1. The van der Waals surface area contributed by atoms with Gasteiger partial charge in [-0.15, -0.1) is 11.3 Å². The van der Waals surface area contributed by atoms with Gasteiger partial charge in [0.05, 0.1) is 29.3 Å². The Labute approximate surface area is 108 Å². The lowest BCUT2D eigenvalue weighted by atomic mass is 10.1. The summed E-state index contributed by atoms with van der Waals surface area (Å²) in [6.07, 6.45) is 0.860. The molecule has 3 rings (SSSR count). The zero-order valence-electron chi connectivity index (χ0n) is 9.55. The van der Waals surface area contributed by atoms with Crippen molar-refractivity contribution in [1.82, 2.24) is 4.98 Å². The average Bonchev–Trinajstić information content (AvgIpc) is 2.82. The third kappa shape index (κ3) is 2.02. The van der Waals surface area contributed by atoms with Crippen LogP contribution in [0.4, 0.5) is 0 Å². The summed E-state index contributed by atoms with van der Waals surface area (Å²) in [6.45, 7) is 1.37. The van der Waals surface area contributed by atoms with Crippen LogP contribution < -0.4 is 0 Å². The maximum absolute atomic E-state index is 10.8. The zero-order chi connectivity index (χ0) is 12.5. The summed E-state index contributed by atoms with van der Waals surface area (Å²) in [6, 6.07) is 6.81. The average molecular weight is 261 g/mol. The van der Waals surface area contributed by atoms with Gasteiger partial charge in [-0.1, -0.05) is 12.1 Å². The Morgan fingerprint density at radius 2 is 2.11 bits per heavy atom. The van der Waals surface area contributed by atoms with Crippen LogP contribution in [0.25, 0.3) is 10.6 Å². The molecule has 92 valence electrons. The van der Waals surface area contributed by atoms with E-state index in [0.29, 0.717) is 12.2 Å². The molecular formula is C13H11NO3S. The summed E-state index contributed by atoms with van der Waals surface area (Å²) < 4.78 is 5.39. The molecular weight excluding hydrogens is 250 g/mol. The van der Waals surface area contributed by atoms with Gasteiger partial charge in [0.1, 0.15) is 5.01 Å². The van der Waals surface area contributed by atoms with Crippen LogP contribution in [0.3, 0.4) is 0 Å². The minimum atomic E-state index is -0.909. The van der Waals surface area contributed by atoms with Gasteiger partial charge in [-0.2, -0.15) is 0 Å². The van der Waals surface area contributed by atoms with Gasteiger partial charge in [0.25, 0.3) is 0 Å². The number of carboxylic acids is 1. The minimum Gasteiger partial charge on any atom is -0.478 e. The van der Waals surface area contributed by atoms with Crippen LogP contribution in [0.5, 0.6) is 0 Å². The molecule has 1 aromatic heterocycles. The third-order valence-corrected chi connectivity index (χ3v) is 3.99. The lowest BCUT2D eigenvalue weighted by Gasteiger charge is -2.08. The fourth-order valence-corrected chi connectivity index (χ4v) is 2.95. The van der Waals surface area contributed by atoms with E-state index in [4.69, 9.17) is 9.84 Å². The number of rotatable bonds is 2. The largest absolute Gasteiger partial charge is 0.478 e. The van der Waals surface area contributed by atoms with E-state index in [1.807, 2.05) is 0 Å². The van der Waals surface area contributed by atoms with E-state index < -0.39 is 5.97 Å². The van der Waals surface area contributed by atoms with Gasteiger partial charge < -0.3 is 9.84 Å². The van der Waals surface area contributed by atoms with Gasteiger partial charge in [0, 0.05) is 12.0 Å². The Morgan fingerprint density at radius 3 is 2.78 bits per heavy atom. The predicted octanol–water partition coefficient (Wildman–Crippen LogP) is 2.58. The highest BCUT2D eigenvalue weighted by Crippen LogP contribution is 2.30. The molecule has 1 N–H and O–H groups in total. The standard InChI is InChI=1S/C13H11NO3S/c15-13(16)9-3-1-8(2-4-9)12-14-10-5-6-17-7-11(10)18-12/h1-4H,5-7H2,(H,15,16). The Kier molecular flexibility index (Phi) is 2.85. The van der Waals surface area contributed by atoms with Gasteiger partial charge in [0.15, 0.2) is 0 Å². The molecule has 4 nitrogen and oxygen atoms in total. The second-order valence-corrected chi connectivity index (χ2v) is 5.16. The molecule has 0 unspecified atom stereocenters. The van der Waals surface area contributed by atoms with Gasteiger partial charge >= 0.3 is 5.97 Å². The van der Waals surface area contributed by atoms with E-state index >= 15 is 0 Å². The summed E-state index contributed by atoms with van der Waals surface area (Å²) in [5, 5.41) is 9.78. The van der Waals surface area contributed by atoms with Gasteiger partial charge in [0.2, 0.25) is 0 Å². The van der Waals surface area contributed by atoms with Crippen LogP contribution in [0.15, 0.2) is 24.3 Å². The molecule has 0 saturated carbocycles. The molecule has 2 heterocycles. The summed E-state index contributed by atoms with van der Waals surface area (Å²) in [7, 11) is 0. The Balaban J connectivity index is 1.94. The summed E-state index contributed by atoms with van der Waals surface area (Å²) in [5.74, 6) is -0.909. The molecule has 5 heteroatoms. The number of hydrogen-bond donors (Lipinski definition) is 1. The lowest BCUT2D eigenvalue weighted by Crippen LogP contribution is -2.07. The molecule has 0 amide bonds. The first kappa shape index (κ1) is 11.4. The smallest absolute Gasteiger partial charge is 0.335 e. The Morgan fingerprint density at radius 1 is 1.33 bits per heavy atom. The number of hydrogen-bond acceptors (Lipinski definition) is 4. The highest BCUT2D eigenvalue weighted by Gasteiger charge is 2.16. The van der Waals surface area contributed by atoms with Gasteiger partial charge in [-0.3, -0.25) is 0 Å². The molecule has 0 atom stereocenters. The van der Waals surface area contributed by atoms with Gasteiger partial charge in [-0.25, -0.2) is 9.78 Å². The predicted molar refractivity (Wildman–Crippen MR) is 67.9 cm³/mol. The molecule has 1 aliphatic rings. The van der Waals surface area contributed by atoms with Crippen molar-refractivity contribution in [3.8, 4) is 10.6 Å². The number of aromatic carboxylic acids is 1. The third-order valence-electron chi connectivity index (χ3n) is 2.87. The maximum atomic E-state index is 10.8. The van der Waals surface area contributed by atoms with Gasteiger partial charge in [-0.05, 0) is 12.1 Å². The molecule has 0 fully saturated rings. The molecule has 1 aliphatic heterocycles. The van der Waals surface area contributed by atoms with Crippen LogP contribution in [-0.2, 0) is 17.8 Å². The Bertz CT molecular complexity index is 565. The number of thiazole rings is 1. The van der Waals surface area contributed by atoms with E-state index in [0.717, 1.165) is 29.3 Å². The van der Waals surface area contributed by atoms with Crippen molar-refractivity contribution < 1.29 is 14.6 Å². The van der Waals surface area contributed by atoms with Crippen molar-refractivity contribution >= 4 is 17.3 Å². The van der Waals surface area contributed by atoms with Crippen molar-refractivity contribution in [3.63, 3.8) is 0 Å². The van der Waals surface area contributed by atoms with Crippen LogP contribution in [0, 0.1) is 0 Å². The molecule has 0 spiro atoms. The number of ether oxygens (including phenoxy) is 1. The molecule has 0 bridgehead atoms. The van der Waals surface area contributed by atoms with Crippen molar-refractivity contribution in [3.05, 3.63) is 40.4 Å². The Hall–Kier alpha value is -1.72. The highest BCUT2D eigenvalue weighted by molar-refractivity contribution is 7.15. The monoisotopic (exact) mass is 261 g/mol. The number of aromatic nitrogens is 1.